The van der Waals surface area contributed by atoms with E-state index < -0.39 is 5.91 Å². The van der Waals surface area contributed by atoms with E-state index in [0.717, 1.165) is 0 Å². The Balaban J connectivity index is 2.13. The maximum absolute atomic E-state index is 11.9. The molecule has 1 aromatic heterocycles. The average molecular weight is 320 g/mol. The molecule has 22 heavy (non-hydrogen) atoms. The number of pyridine rings is 1. The van der Waals surface area contributed by atoms with Crippen LogP contribution in [-0.2, 0) is 0 Å². The van der Waals surface area contributed by atoms with Crippen LogP contribution >= 0.6 is 11.6 Å². The Bertz CT molecular complexity index is 704. The molecule has 0 bridgehead atoms. The fourth-order valence-corrected chi connectivity index (χ4v) is 1.99. The molecule has 0 saturated carbocycles. The molecule has 0 spiro atoms. The van der Waals surface area contributed by atoms with E-state index in [2.05, 4.69) is 15.5 Å². The molecule has 0 unspecified atom stereocenters. The van der Waals surface area contributed by atoms with E-state index >= 15 is 0 Å². The summed E-state index contributed by atoms with van der Waals surface area (Å²) in [6.45, 7) is 0. The van der Waals surface area contributed by atoms with Crippen LogP contribution in [-0.4, -0.2) is 31.3 Å². The third-order valence-electron chi connectivity index (χ3n) is 2.81. The molecule has 2 aromatic rings. The van der Waals surface area contributed by atoms with Crippen LogP contribution in [0.3, 0.4) is 0 Å². The van der Waals surface area contributed by atoms with Crippen molar-refractivity contribution < 1.29 is 14.3 Å². The van der Waals surface area contributed by atoms with Crippen molar-refractivity contribution in [1.29, 1.82) is 0 Å². The number of nitrogens with one attached hydrogen (secondary N) is 1. The minimum Gasteiger partial charge on any atom is -0.493 e. The lowest BCUT2D eigenvalue weighted by Gasteiger charge is -2.09. The van der Waals surface area contributed by atoms with Crippen molar-refractivity contribution in [1.82, 2.24) is 10.4 Å². The number of hydrazone groups is 1. The Morgan fingerprint density at radius 3 is 2.77 bits per heavy atom. The van der Waals surface area contributed by atoms with Gasteiger partial charge >= 0.3 is 0 Å². The zero-order chi connectivity index (χ0) is 15.9. The molecule has 2 rings (SSSR count). The Labute approximate surface area is 132 Å². The minimum absolute atomic E-state index is 0.120. The van der Waals surface area contributed by atoms with Crippen molar-refractivity contribution in [2.75, 3.05) is 14.2 Å². The van der Waals surface area contributed by atoms with Crippen LogP contribution in [0.25, 0.3) is 0 Å². The number of nitrogens with zero attached hydrogens (tertiary/aromatic N) is 2. The number of benzene rings is 1. The fraction of sp³-hybridized carbons (Fsp3) is 0.133. The molecule has 114 valence electrons. The molecule has 6 nitrogen and oxygen atoms in total. The van der Waals surface area contributed by atoms with Gasteiger partial charge in [-0.2, -0.15) is 5.10 Å². The predicted octanol–water partition coefficient (Wildman–Crippen LogP) is 2.52. The molecule has 0 atom stereocenters. The van der Waals surface area contributed by atoms with Crippen LogP contribution in [0.2, 0.25) is 5.15 Å². The maximum Gasteiger partial charge on any atom is 0.274 e. The standard InChI is InChI=1S/C15H14ClN3O3/c1-21-12-7-3-5-10(13(12)22-2)9-18-19-15(20)11-6-4-8-17-14(11)16/h3-9H,1-2H3,(H,19,20). The fourth-order valence-electron chi connectivity index (χ4n) is 1.79. The molecular weight excluding hydrogens is 306 g/mol. The molecular formula is C15H14ClN3O3. The van der Waals surface area contributed by atoms with E-state index in [0.29, 0.717) is 17.1 Å². The Kier molecular flexibility index (Phi) is 5.32. The zero-order valence-corrected chi connectivity index (χ0v) is 12.8. The monoisotopic (exact) mass is 319 g/mol. The first kappa shape index (κ1) is 15.8. The summed E-state index contributed by atoms with van der Waals surface area (Å²) in [6.07, 6.45) is 2.97. The van der Waals surface area contributed by atoms with Crippen LogP contribution in [0, 0.1) is 0 Å². The van der Waals surface area contributed by atoms with Crippen LogP contribution in [0.4, 0.5) is 0 Å². The van der Waals surface area contributed by atoms with Crippen LogP contribution in [0.15, 0.2) is 41.6 Å². The lowest BCUT2D eigenvalue weighted by molar-refractivity contribution is 0.0955. The summed E-state index contributed by atoms with van der Waals surface area (Å²) in [5, 5.41) is 4.02. The lowest BCUT2D eigenvalue weighted by atomic mass is 10.2. The maximum atomic E-state index is 11.9. The second-order valence-electron chi connectivity index (χ2n) is 4.12. The third-order valence-corrected chi connectivity index (χ3v) is 3.11. The van der Waals surface area contributed by atoms with Gasteiger partial charge in [0.05, 0.1) is 26.0 Å². The molecule has 0 aliphatic heterocycles. The number of methoxy groups -OCH3 is 2. The van der Waals surface area contributed by atoms with Crippen molar-refractivity contribution in [3.63, 3.8) is 0 Å². The molecule has 1 aromatic carbocycles. The first-order valence-corrected chi connectivity index (χ1v) is 6.70. The van der Waals surface area contributed by atoms with E-state index in [1.807, 2.05) is 0 Å². The van der Waals surface area contributed by atoms with Gasteiger partial charge in [0.1, 0.15) is 5.15 Å². The smallest absolute Gasteiger partial charge is 0.274 e. The highest BCUT2D eigenvalue weighted by Gasteiger charge is 2.10. The summed E-state index contributed by atoms with van der Waals surface area (Å²) >= 11 is 5.84. The molecule has 0 radical (unpaired) electrons. The van der Waals surface area contributed by atoms with Crippen LogP contribution in [0.1, 0.15) is 15.9 Å². The molecule has 0 aliphatic rings. The summed E-state index contributed by atoms with van der Waals surface area (Å²) in [4.78, 5) is 15.8. The predicted molar refractivity (Wildman–Crippen MR) is 83.9 cm³/mol. The van der Waals surface area contributed by atoms with Crippen LogP contribution in [0.5, 0.6) is 11.5 Å². The van der Waals surface area contributed by atoms with Crippen molar-refractivity contribution >= 4 is 23.7 Å². The number of aromatic nitrogens is 1. The molecule has 0 fully saturated rings. The second-order valence-corrected chi connectivity index (χ2v) is 4.48. The van der Waals surface area contributed by atoms with Gasteiger partial charge in [-0.1, -0.05) is 17.7 Å². The van der Waals surface area contributed by atoms with Crippen molar-refractivity contribution in [3.05, 3.63) is 52.8 Å². The summed E-state index contributed by atoms with van der Waals surface area (Å²) in [5.74, 6) is 0.659. The Hall–Kier alpha value is -2.60. The molecule has 0 saturated heterocycles. The largest absolute Gasteiger partial charge is 0.493 e. The number of rotatable bonds is 5. The second kappa shape index (κ2) is 7.42. The summed E-state index contributed by atoms with van der Waals surface area (Å²) in [5.41, 5.74) is 3.30. The van der Waals surface area contributed by atoms with E-state index in [-0.39, 0.29) is 10.7 Å². The highest BCUT2D eigenvalue weighted by Crippen LogP contribution is 2.29. The van der Waals surface area contributed by atoms with Gasteiger partial charge in [0.25, 0.3) is 5.91 Å². The number of hydrogen-bond donors (Lipinski definition) is 1. The Morgan fingerprint density at radius 1 is 1.27 bits per heavy atom. The molecule has 1 amide bonds. The number of amides is 1. The van der Waals surface area contributed by atoms with Gasteiger partial charge in [0.15, 0.2) is 11.5 Å². The SMILES string of the molecule is COc1cccc(C=NNC(=O)c2cccnc2Cl)c1OC. The normalized spacial score (nSPS) is 10.5. The first-order chi connectivity index (χ1) is 10.7. The number of ether oxygens (including phenoxy) is 2. The summed E-state index contributed by atoms with van der Waals surface area (Å²) in [7, 11) is 3.08. The number of hydrogen-bond acceptors (Lipinski definition) is 5. The third kappa shape index (κ3) is 3.53. The van der Waals surface area contributed by atoms with Gasteiger partial charge in [-0.3, -0.25) is 4.79 Å². The lowest BCUT2D eigenvalue weighted by Crippen LogP contribution is -2.18. The van der Waals surface area contributed by atoms with Crippen molar-refractivity contribution in [3.8, 4) is 11.5 Å². The van der Waals surface area contributed by atoms with Gasteiger partial charge in [-0.15, -0.1) is 0 Å². The van der Waals surface area contributed by atoms with E-state index in [4.69, 9.17) is 21.1 Å². The molecule has 1 heterocycles. The number of halogens is 1. The molecule has 7 heteroatoms. The average Bonchev–Trinajstić information content (AvgIpc) is 2.54. The quantitative estimate of drug-likeness (QED) is 0.522. The highest BCUT2D eigenvalue weighted by atomic mass is 35.5. The topological polar surface area (TPSA) is 72.8 Å². The van der Waals surface area contributed by atoms with E-state index in [9.17, 15) is 4.79 Å². The first-order valence-electron chi connectivity index (χ1n) is 6.32. The van der Waals surface area contributed by atoms with Gasteiger partial charge in [-0.05, 0) is 24.3 Å². The highest BCUT2D eigenvalue weighted by molar-refractivity contribution is 6.32. The number of carbonyl (C=O) groups is 1. The van der Waals surface area contributed by atoms with E-state index in [1.165, 1.54) is 19.5 Å². The molecule has 1 N–H and O–H groups in total. The molecule has 0 aliphatic carbocycles. The minimum atomic E-state index is -0.448. The van der Waals surface area contributed by atoms with Gasteiger partial charge < -0.3 is 9.47 Å². The van der Waals surface area contributed by atoms with Crippen molar-refractivity contribution in [2.24, 2.45) is 5.10 Å². The van der Waals surface area contributed by atoms with Gasteiger partial charge in [-0.25, -0.2) is 10.4 Å². The Morgan fingerprint density at radius 2 is 2.09 bits per heavy atom. The van der Waals surface area contributed by atoms with E-state index in [1.54, 1.807) is 37.4 Å². The number of para-hydroxylation sites is 1. The zero-order valence-electron chi connectivity index (χ0n) is 12.0. The van der Waals surface area contributed by atoms with Gasteiger partial charge in [0.2, 0.25) is 0 Å². The summed E-state index contributed by atoms with van der Waals surface area (Å²) < 4.78 is 10.5. The summed E-state index contributed by atoms with van der Waals surface area (Å²) in [6, 6.07) is 8.53. The van der Waals surface area contributed by atoms with Crippen LogP contribution < -0.4 is 14.9 Å². The van der Waals surface area contributed by atoms with Crippen molar-refractivity contribution in [2.45, 2.75) is 0 Å². The number of carbonyl (C=O) groups excluding carboxylic acids is 1. The van der Waals surface area contributed by atoms with Gasteiger partial charge in [0, 0.05) is 11.8 Å².